The molecule has 1 amide bonds. The minimum Gasteiger partial charge on any atom is -0.478 e. The number of esters is 1. The molecule has 0 saturated carbocycles. The zero-order chi connectivity index (χ0) is 22.1. The molecule has 2 atom stereocenters. The molecule has 0 bridgehead atoms. The van der Waals surface area contributed by atoms with E-state index in [0.29, 0.717) is 16.6 Å². The van der Waals surface area contributed by atoms with E-state index in [1.807, 2.05) is 20.8 Å². The monoisotopic (exact) mass is 416 g/mol. The Bertz CT molecular complexity index is 1040. The standard InChI is InChI=1S/C21H24N2O7/c1-21(2,3)11-16(25)30-18(20(27)28)17-19(26)23(9-10-29-17)14-6-4-5-13-12(14)7-8-15(24)22-13/h4-8,17-18H,9-11H2,1-3H3,(H,22,24)(H,27,28)/t17-,18-/m1/s1. The number of nitrogens with one attached hydrogen (secondary N) is 1. The van der Waals surface area contributed by atoms with Gasteiger partial charge in [0, 0.05) is 18.0 Å². The van der Waals surface area contributed by atoms with Gasteiger partial charge in [0.15, 0.2) is 6.10 Å². The molecule has 0 aliphatic carbocycles. The number of carboxylic acid groups (broad SMARTS) is 1. The molecule has 1 aromatic heterocycles. The molecule has 2 aromatic rings. The van der Waals surface area contributed by atoms with Crippen LogP contribution in [-0.4, -0.2) is 53.3 Å². The van der Waals surface area contributed by atoms with Gasteiger partial charge in [-0.3, -0.25) is 14.4 Å². The predicted molar refractivity (Wildman–Crippen MR) is 108 cm³/mol. The Morgan fingerprint density at radius 1 is 1.27 bits per heavy atom. The number of rotatable bonds is 5. The van der Waals surface area contributed by atoms with Crippen LogP contribution in [0.1, 0.15) is 27.2 Å². The fraction of sp³-hybridized carbons (Fsp3) is 0.429. The van der Waals surface area contributed by atoms with E-state index in [0.717, 1.165) is 0 Å². The SMILES string of the molecule is CC(C)(C)CC(=O)O[C@@H](C(=O)O)[C@H]1OCCN(c2cccc3[nH]c(=O)ccc23)C1=O. The van der Waals surface area contributed by atoms with Crippen LogP contribution in [0.15, 0.2) is 35.1 Å². The number of anilines is 1. The zero-order valence-corrected chi connectivity index (χ0v) is 17.0. The van der Waals surface area contributed by atoms with Crippen LogP contribution in [0.2, 0.25) is 0 Å². The van der Waals surface area contributed by atoms with Gasteiger partial charge >= 0.3 is 11.9 Å². The molecule has 2 heterocycles. The number of hydrogen-bond donors (Lipinski definition) is 2. The molecule has 0 spiro atoms. The third-order valence-corrected chi connectivity index (χ3v) is 4.61. The highest BCUT2D eigenvalue weighted by molar-refractivity contribution is 6.06. The largest absolute Gasteiger partial charge is 0.478 e. The highest BCUT2D eigenvalue weighted by Crippen LogP contribution is 2.28. The number of aliphatic carboxylic acids is 1. The van der Waals surface area contributed by atoms with Crippen molar-refractivity contribution in [2.24, 2.45) is 5.41 Å². The number of carbonyl (C=O) groups is 3. The number of morpholine rings is 1. The van der Waals surface area contributed by atoms with Crippen LogP contribution in [0, 0.1) is 5.41 Å². The van der Waals surface area contributed by atoms with E-state index >= 15 is 0 Å². The van der Waals surface area contributed by atoms with E-state index in [-0.39, 0.29) is 25.1 Å². The van der Waals surface area contributed by atoms with Gasteiger partial charge in [-0.05, 0) is 23.6 Å². The molecule has 160 valence electrons. The van der Waals surface area contributed by atoms with Gasteiger partial charge in [0.1, 0.15) is 0 Å². The van der Waals surface area contributed by atoms with Gasteiger partial charge < -0.3 is 24.5 Å². The topological polar surface area (TPSA) is 126 Å². The van der Waals surface area contributed by atoms with E-state index in [2.05, 4.69) is 4.98 Å². The second kappa shape index (κ2) is 8.27. The molecule has 2 N–H and O–H groups in total. The van der Waals surface area contributed by atoms with Crippen LogP contribution in [0.3, 0.4) is 0 Å². The number of aromatic nitrogens is 1. The number of pyridine rings is 1. The van der Waals surface area contributed by atoms with Gasteiger partial charge in [0.05, 0.1) is 24.2 Å². The summed E-state index contributed by atoms with van der Waals surface area (Å²) in [6, 6.07) is 8.03. The Labute approximate surface area is 172 Å². The number of carbonyl (C=O) groups excluding carboxylic acids is 2. The lowest BCUT2D eigenvalue weighted by Gasteiger charge is -2.35. The molecule has 1 aliphatic heterocycles. The highest BCUT2D eigenvalue weighted by Gasteiger charge is 2.43. The molecule has 0 unspecified atom stereocenters. The average Bonchev–Trinajstić information content (AvgIpc) is 2.64. The summed E-state index contributed by atoms with van der Waals surface area (Å²) in [5, 5.41) is 10.2. The first-order valence-corrected chi connectivity index (χ1v) is 9.54. The molecule has 1 aliphatic rings. The molecule has 1 saturated heterocycles. The molecular weight excluding hydrogens is 392 g/mol. The maximum atomic E-state index is 13.1. The van der Waals surface area contributed by atoms with Gasteiger partial charge in [-0.25, -0.2) is 4.79 Å². The summed E-state index contributed by atoms with van der Waals surface area (Å²) in [5.74, 6) is -2.80. The van der Waals surface area contributed by atoms with Gasteiger partial charge in [-0.15, -0.1) is 0 Å². The molecule has 0 radical (unpaired) electrons. The Balaban J connectivity index is 1.89. The summed E-state index contributed by atoms with van der Waals surface area (Å²) in [5.41, 5.74) is 0.376. The summed E-state index contributed by atoms with van der Waals surface area (Å²) in [6.45, 7) is 5.71. The Morgan fingerprint density at radius 3 is 2.67 bits per heavy atom. The second-order valence-electron chi connectivity index (χ2n) is 8.33. The van der Waals surface area contributed by atoms with Crippen molar-refractivity contribution in [1.82, 2.24) is 4.98 Å². The summed E-state index contributed by atoms with van der Waals surface area (Å²) in [4.78, 5) is 52.7. The zero-order valence-electron chi connectivity index (χ0n) is 17.0. The number of H-pyrrole nitrogens is 1. The maximum absolute atomic E-state index is 13.1. The normalized spacial score (nSPS) is 18.3. The highest BCUT2D eigenvalue weighted by atomic mass is 16.6. The number of nitrogens with zero attached hydrogens (tertiary/aromatic N) is 1. The summed E-state index contributed by atoms with van der Waals surface area (Å²) in [6.07, 6.45) is -3.24. The third kappa shape index (κ3) is 4.68. The van der Waals surface area contributed by atoms with Crippen molar-refractivity contribution >= 4 is 34.4 Å². The third-order valence-electron chi connectivity index (χ3n) is 4.61. The molecule has 1 aromatic carbocycles. The van der Waals surface area contributed by atoms with Crippen molar-refractivity contribution < 1.29 is 29.0 Å². The molecule has 9 nitrogen and oxygen atoms in total. The fourth-order valence-electron chi connectivity index (χ4n) is 3.33. The quantitative estimate of drug-likeness (QED) is 0.710. The van der Waals surface area contributed by atoms with Crippen LogP contribution < -0.4 is 10.5 Å². The number of ether oxygens (including phenoxy) is 2. The minimum atomic E-state index is -1.76. The van der Waals surface area contributed by atoms with Crippen molar-refractivity contribution in [1.29, 1.82) is 0 Å². The first kappa shape index (κ1) is 21.5. The van der Waals surface area contributed by atoms with Crippen molar-refractivity contribution in [3.63, 3.8) is 0 Å². The Morgan fingerprint density at radius 2 is 2.00 bits per heavy atom. The van der Waals surface area contributed by atoms with Crippen molar-refractivity contribution in [2.75, 3.05) is 18.1 Å². The molecule has 9 heteroatoms. The van der Waals surface area contributed by atoms with E-state index in [4.69, 9.17) is 9.47 Å². The van der Waals surface area contributed by atoms with Gasteiger partial charge in [0.25, 0.3) is 5.91 Å². The fourth-order valence-corrected chi connectivity index (χ4v) is 3.33. The molecule has 30 heavy (non-hydrogen) atoms. The van der Waals surface area contributed by atoms with Gasteiger partial charge in [-0.1, -0.05) is 26.8 Å². The van der Waals surface area contributed by atoms with Crippen LogP contribution in [0.25, 0.3) is 10.9 Å². The van der Waals surface area contributed by atoms with Gasteiger partial charge in [-0.2, -0.15) is 0 Å². The van der Waals surface area contributed by atoms with Crippen molar-refractivity contribution in [3.8, 4) is 0 Å². The average molecular weight is 416 g/mol. The van der Waals surface area contributed by atoms with E-state index < -0.39 is 35.5 Å². The smallest absolute Gasteiger partial charge is 0.348 e. The minimum absolute atomic E-state index is 0.00189. The van der Waals surface area contributed by atoms with Crippen LogP contribution >= 0.6 is 0 Å². The van der Waals surface area contributed by atoms with Crippen LogP contribution in [-0.2, 0) is 23.9 Å². The lowest BCUT2D eigenvalue weighted by Crippen LogP contribution is -2.55. The van der Waals surface area contributed by atoms with Crippen LogP contribution in [0.5, 0.6) is 0 Å². The maximum Gasteiger partial charge on any atom is 0.348 e. The number of fused-ring (bicyclic) bond motifs is 1. The number of amides is 1. The van der Waals surface area contributed by atoms with Crippen molar-refractivity contribution in [2.45, 2.75) is 39.4 Å². The summed E-state index contributed by atoms with van der Waals surface area (Å²) < 4.78 is 10.5. The molecular formula is C21H24N2O7. The van der Waals surface area contributed by atoms with E-state index in [9.17, 15) is 24.3 Å². The van der Waals surface area contributed by atoms with E-state index in [1.54, 1.807) is 24.3 Å². The molecule has 3 rings (SSSR count). The molecule has 1 fully saturated rings. The number of carboxylic acids is 1. The second-order valence-corrected chi connectivity index (χ2v) is 8.33. The Hall–Kier alpha value is -3.20. The number of aromatic amines is 1. The number of benzene rings is 1. The van der Waals surface area contributed by atoms with Crippen molar-refractivity contribution in [3.05, 3.63) is 40.7 Å². The van der Waals surface area contributed by atoms with Gasteiger partial charge in [0.2, 0.25) is 11.7 Å². The lowest BCUT2D eigenvalue weighted by atomic mass is 9.92. The Kier molecular flexibility index (Phi) is 5.93. The van der Waals surface area contributed by atoms with Crippen LogP contribution in [0.4, 0.5) is 5.69 Å². The summed E-state index contributed by atoms with van der Waals surface area (Å²) in [7, 11) is 0. The summed E-state index contributed by atoms with van der Waals surface area (Å²) >= 11 is 0. The predicted octanol–water partition coefficient (Wildman–Crippen LogP) is 1.69. The lowest BCUT2D eigenvalue weighted by molar-refractivity contribution is -0.179. The number of hydrogen-bond acceptors (Lipinski definition) is 6. The first-order valence-electron chi connectivity index (χ1n) is 9.54. The van der Waals surface area contributed by atoms with E-state index in [1.165, 1.54) is 11.0 Å². The first-order chi connectivity index (χ1) is 14.1.